The van der Waals surface area contributed by atoms with Crippen LogP contribution in [0.2, 0.25) is 0 Å². The Morgan fingerprint density at radius 3 is 1.85 bits per heavy atom. The van der Waals surface area contributed by atoms with Gasteiger partial charge in [0.1, 0.15) is 0 Å². The van der Waals surface area contributed by atoms with Crippen molar-refractivity contribution < 1.29 is 0 Å². The molecule has 0 spiro atoms. The zero-order chi connectivity index (χ0) is 15.0. The minimum atomic E-state index is -0.171. The molecule has 2 rings (SSSR count). The highest BCUT2D eigenvalue weighted by molar-refractivity contribution is 5.30. The molecule has 0 unspecified atom stereocenters. The molecular formula is C19H31N. The molecule has 1 fully saturated rings. The molecule has 0 heterocycles. The fraction of sp³-hybridized carbons (Fsp3) is 0.684. The van der Waals surface area contributed by atoms with E-state index < -0.39 is 0 Å². The molecule has 1 heteroatoms. The van der Waals surface area contributed by atoms with Gasteiger partial charge in [-0.1, -0.05) is 65.3 Å². The summed E-state index contributed by atoms with van der Waals surface area (Å²) in [6, 6.07) is 9.06. The maximum atomic E-state index is 6.86. The van der Waals surface area contributed by atoms with Crippen molar-refractivity contribution in [2.24, 2.45) is 16.6 Å². The molecule has 20 heavy (non-hydrogen) atoms. The average molecular weight is 273 g/mol. The first-order valence-corrected chi connectivity index (χ1v) is 8.04. The Morgan fingerprint density at radius 1 is 0.900 bits per heavy atom. The highest BCUT2D eigenvalue weighted by atomic mass is 14.8. The van der Waals surface area contributed by atoms with Crippen LogP contribution in [0, 0.1) is 10.8 Å². The van der Waals surface area contributed by atoms with E-state index in [9.17, 15) is 0 Å². The van der Waals surface area contributed by atoms with E-state index in [-0.39, 0.29) is 5.54 Å². The second-order valence-corrected chi connectivity index (χ2v) is 8.46. The van der Waals surface area contributed by atoms with Crippen LogP contribution < -0.4 is 5.73 Å². The van der Waals surface area contributed by atoms with Crippen LogP contribution >= 0.6 is 0 Å². The molecule has 1 aliphatic rings. The first-order chi connectivity index (χ1) is 9.16. The Kier molecular flexibility index (Phi) is 4.03. The van der Waals surface area contributed by atoms with Gasteiger partial charge in [-0.2, -0.15) is 0 Å². The zero-order valence-corrected chi connectivity index (χ0v) is 13.9. The predicted molar refractivity (Wildman–Crippen MR) is 87.7 cm³/mol. The summed E-state index contributed by atoms with van der Waals surface area (Å²) in [6.45, 7) is 11.7. The van der Waals surface area contributed by atoms with E-state index in [1.165, 1.54) is 24.0 Å². The van der Waals surface area contributed by atoms with Gasteiger partial charge in [0.2, 0.25) is 0 Å². The number of nitrogens with two attached hydrogens (primary N) is 1. The van der Waals surface area contributed by atoms with Gasteiger partial charge in [0.25, 0.3) is 0 Å². The minimum Gasteiger partial charge on any atom is -0.321 e. The van der Waals surface area contributed by atoms with Gasteiger partial charge in [0.05, 0.1) is 0 Å². The summed E-state index contributed by atoms with van der Waals surface area (Å²) in [7, 11) is 0. The van der Waals surface area contributed by atoms with E-state index >= 15 is 0 Å². The number of hydrogen-bond donors (Lipinski definition) is 1. The van der Waals surface area contributed by atoms with Gasteiger partial charge in [-0.3, -0.25) is 0 Å². The van der Waals surface area contributed by atoms with Crippen molar-refractivity contribution in [2.45, 2.75) is 72.3 Å². The molecule has 0 aromatic heterocycles. The molecular weight excluding hydrogens is 242 g/mol. The van der Waals surface area contributed by atoms with Gasteiger partial charge >= 0.3 is 0 Å². The Hall–Kier alpha value is -0.820. The smallest absolute Gasteiger partial charge is 0.0419 e. The molecule has 1 aromatic rings. The summed E-state index contributed by atoms with van der Waals surface area (Å²) in [5.74, 6) is 0. The van der Waals surface area contributed by atoms with Crippen LogP contribution in [-0.2, 0) is 12.0 Å². The second-order valence-electron chi connectivity index (χ2n) is 8.46. The molecule has 1 aliphatic carbocycles. The minimum absolute atomic E-state index is 0.171. The van der Waals surface area contributed by atoms with E-state index in [1.807, 2.05) is 0 Å². The van der Waals surface area contributed by atoms with E-state index in [1.54, 1.807) is 0 Å². The Balaban J connectivity index is 2.29. The first kappa shape index (κ1) is 15.6. The summed E-state index contributed by atoms with van der Waals surface area (Å²) in [5, 5.41) is 0. The molecule has 0 radical (unpaired) electrons. The van der Waals surface area contributed by atoms with Gasteiger partial charge in [-0.05, 0) is 47.6 Å². The zero-order valence-electron chi connectivity index (χ0n) is 13.9. The van der Waals surface area contributed by atoms with E-state index in [2.05, 4.69) is 58.9 Å². The van der Waals surface area contributed by atoms with Crippen LogP contribution in [0.3, 0.4) is 0 Å². The summed E-state index contributed by atoms with van der Waals surface area (Å²) in [4.78, 5) is 0. The number of hydrogen-bond acceptors (Lipinski definition) is 1. The SMILES string of the molecule is CCCc1ccc(C2(N)CC(C)(C)CC(C)(C)C2)cc1. The van der Waals surface area contributed by atoms with Crippen LogP contribution in [-0.4, -0.2) is 0 Å². The predicted octanol–water partition coefficient (Wildman–Crippen LogP) is 5.03. The lowest BCUT2D eigenvalue weighted by molar-refractivity contribution is 0.0470. The molecule has 0 aliphatic heterocycles. The lowest BCUT2D eigenvalue weighted by Crippen LogP contribution is -2.49. The van der Waals surface area contributed by atoms with Crippen molar-refractivity contribution in [3.8, 4) is 0 Å². The lowest BCUT2D eigenvalue weighted by Gasteiger charge is -2.50. The molecule has 0 amide bonds. The van der Waals surface area contributed by atoms with E-state index in [0.29, 0.717) is 10.8 Å². The Morgan fingerprint density at radius 2 is 1.40 bits per heavy atom. The quantitative estimate of drug-likeness (QED) is 0.821. The van der Waals surface area contributed by atoms with E-state index in [4.69, 9.17) is 5.73 Å². The summed E-state index contributed by atoms with van der Waals surface area (Å²) < 4.78 is 0. The standard InChI is InChI=1S/C19H31N/c1-6-7-15-8-10-16(11-9-15)19(20)13-17(2,3)12-18(4,5)14-19/h8-11H,6-7,12-14,20H2,1-5H3. The number of benzene rings is 1. The third kappa shape index (κ3) is 3.44. The third-order valence-electron chi connectivity index (χ3n) is 4.61. The summed E-state index contributed by atoms with van der Waals surface area (Å²) in [6.07, 6.45) is 5.78. The molecule has 112 valence electrons. The summed E-state index contributed by atoms with van der Waals surface area (Å²) in [5.41, 5.74) is 10.1. The largest absolute Gasteiger partial charge is 0.321 e. The van der Waals surface area contributed by atoms with Crippen molar-refractivity contribution in [3.63, 3.8) is 0 Å². The maximum Gasteiger partial charge on any atom is 0.0419 e. The third-order valence-corrected chi connectivity index (χ3v) is 4.61. The van der Waals surface area contributed by atoms with Gasteiger partial charge in [0, 0.05) is 5.54 Å². The highest BCUT2D eigenvalue weighted by Gasteiger charge is 2.45. The second kappa shape index (κ2) is 5.18. The molecule has 1 nitrogen and oxygen atoms in total. The van der Waals surface area contributed by atoms with Crippen molar-refractivity contribution in [1.82, 2.24) is 0 Å². The fourth-order valence-electron chi connectivity index (χ4n) is 4.69. The highest BCUT2D eigenvalue weighted by Crippen LogP contribution is 2.52. The van der Waals surface area contributed by atoms with Crippen LogP contribution in [0.15, 0.2) is 24.3 Å². The Labute approximate surface area is 125 Å². The van der Waals surface area contributed by atoms with Crippen LogP contribution in [0.1, 0.15) is 71.4 Å². The molecule has 0 atom stereocenters. The molecule has 1 aromatic carbocycles. The molecule has 0 bridgehead atoms. The van der Waals surface area contributed by atoms with Crippen molar-refractivity contribution >= 4 is 0 Å². The maximum absolute atomic E-state index is 6.86. The van der Waals surface area contributed by atoms with Crippen LogP contribution in [0.5, 0.6) is 0 Å². The van der Waals surface area contributed by atoms with Gasteiger partial charge in [-0.15, -0.1) is 0 Å². The Bertz CT molecular complexity index is 437. The molecule has 1 saturated carbocycles. The fourth-order valence-corrected chi connectivity index (χ4v) is 4.69. The van der Waals surface area contributed by atoms with Crippen LogP contribution in [0.4, 0.5) is 0 Å². The topological polar surface area (TPSA) is 26.0 Å². The van der Waals surface area contributed by atoms with E-state index in [0.717, 1.165) is 19.3 Å². The van der Waals surface area contributed by atoms with Crippen molar-refractivity contribution in [2.75, 3.05) is 0 Å². The van der Waals surface area contributed by atoms with Crippen molar-refractivity contribution in [1.29, 1.82) is 0 Å². The molecule has 2 N–H and O–H groups in total. The molecule has 0 saturated heterocycles. The van der Waals surface area contributed by atoms with Gasteiger partial charge in [-0.25, -0.2) is 0 Å². The van der Waals surface area contributed by atoms with Crippen LogP contribution in [0.25, 0.3) is 0 Å². The van der Waals surface area contributed by atoms with Crippen molar-refractivity contribution in [3.05, 3.63) is 35.4 Å². The lowest BCUT2D eigenvalue weighted by atomic mass is 9.57. The number of aryl methyl sites for hydroxylation is 1. The average Bonchev–Trinajstić information content (AvgIpc) is 2.25. The monoisotopic (exact) mass is 273 g/mol. The number of rotatable bonds is 3. The normalized spacial score (nSPS) is 23.5. The summed E-state index contributed by atoms with van der Waals surface area (Å²) >= 11 is 0. The van der Waals surface area contributed by atoms with Gasteiger partial charge in [0.15, 0.2) is 0 Å². The van der Waals surface area contributed by atoms with Gasteiger partial charge < -0.3 is 5.73 Å². The first-order valence-electron chi connectivity index (χ1n) is 8.04.